The fraction of sp³-hybridized carbons (Fsp3) is 0.545. The Bertz CT molecular complexity index is 1150. The summed E-state index contributed by atoms with van der Waals surface area (Å²) in [6.07, 6.45) is -2.16. The highest BCUT2D eigenvalue weighted by Crippen LogP contribution is 2.42. The first-order valence-corrected chi connectivity index (χ1v) is 10.7. The minimum Gasteiger partial charge on any atom is -0.497 e. The Morgan fingerprint density at radius 2 is 2.06 bits per heavy atom. The zero-order valence-corrected chi connectivity index (χ0v) is 19.4. The molecule has 3 rings (SSSR count). The molecule has 0 aliphatic carbocycles. The molecule has 4 atom stereocenters. The van der Waals surface area contributed by atoms with E-state index in [1.54, 1.807) is 0 Å². The molecule has 1 fully saturated rings. The molecule has 2 heterocycles. The van der Waals surface area contributed by atoms with Gasteiger partial charge in [-0.15, -0.1) is 0 Å². The van der Waals surface area contributed by atoms with Gasteiger partial charge in [-0.1, -0.05) is 20.8 Å². The third kappa shape index (κ3) is 5.36. The van der Waals surface area contributed by atoms with Gasteiger partial charge in [-0.05, 0) is 17.5 Å². The number of nitrogens with zero attached hydrogens (tertiary/aromatic N) is 2. The van der Waals surface area contributed by atoms with Gasteiger partial charge in [0.25, 0.3) is 11.2 Å². The molecule has 1 saturated heterocycles. The zero-order valence-electron chi connectivity index (χ0n) is 19.4. The molecule has 0 spiro atoms. The average Bonchev–Trinajstić information content (AvgIpc) is 3.14. The molecule has 1 aliphatic heterocycles. The van der Waals surface area contributed by atoms with Gasteiger partial charge in [-0.2, -0.15) is 0 Å². The highest BCUT2D eigenvalue weighted by Gasteiger charge is 2.36. The second kappa shape index (κ2) is 10.1. The lowest BCUT2D eigenvalue weighted by atomic mass is 9.83. The van der Waals surface area contributed by atoms with Crippen LogP contribution in [-0.4, -0.2) is 50.6 Å². The van der Waals surface area contributed by atoms with Crippen LogP contribution in [0.3, 0.4) is 0 Å². The van der Waals surface area contributed by atoms with Crippen molar-refractivity contribution in [3.05, 3.63) is 66.5 Å². The fourth-order valence-corrected chi connectivity index (χ4v) is 3.91. The van der Waals surface area contributed by atoms with Crippen molar-refractivity contribution in [2.75, 3.05) is 13.7 Å². The van der Waals surface area contributed by atoms with Gasteiger partial charge in [0, 0.05) is 18.7 Å². The van der Waals surface area contributed by atoms with Crippen LogP contribution >= 0.6 is 0 Å². The summed E-state index contributed by atoms with van der Waals surface area (Å²) >= 11 is 0. The van der Waals surface area contributed by atoms with E-state index in [-0.39, 0.29) is 29.8 Å². The van der Waals surface area contributed by atoms with Gasteiger partial charge in [-0.3, -0.25) is 24.5 Å². The second-order valence-electron chi connectivity index (χ2n) is 9.17. The SMILES string of the molecule is COc1ccc([N+](=O)[O-])c(C(OCc2cn([C@H]3C[C@H](O)[C@@H](CO)O3)c(=O)[nH]c2=O)C(C)(C)C)c1. The zero-order chi connectivity index (χ0) is 25.2. The molecule has 0 saturated carbocycles. The van der Waals surface area contributed by atoms with Gasteiger partial charge in [-0.25, -0.2) is 4.79 Å². The van der Waals surface area contributed by atoms with Crippen LogP contribution in [0.15, 0.2) is 34.0 Å². The van der Waals surface area contributed by atoms with E-state index in [1.165, 1.54) is 31.5 Å². The Hall–Kier alpha value is -3.06. The van der Waals surface area contributed by atoms with Crippen molar-refractivity contribution in [2.45, 2.75) is 58.3 Å². The van der Waals surface area contributed by atoms with Crippen molar-refractivity contribution in [2.24, 2.45) is 5.41 Å². The topological polar surface area (TPSA) is 166 Å². The highest BCUT2D eigenvalue weighted by molar-refractivity contribution is 5.47. The van der Waals surface area contributed by atoms with E-state index in [0.29, 0.717) is 5.75 Å². The molecule has 1 aromatic carbocycles. The van der Waals surface area contributed by atoms with E-state index < -0.39 is 52.7 Å². The summed E-state index contributed by atoms with van der Waals surface area (Å²) in [5, 5.41) is 30.9. The number of aromatic amines is 1. The maximum atomic E-state index is 12.5. The smallest absolute Gasteiger partial charge is 0.330 e. The van der Waals surface area contributed by atoms with Crippen LogP contribution in [0.25, 0.3) is 0 Å². The van der Waals surface area contributed by atoms with Crippen molar-refractivity contribution in [1.29, 1.82) is 0 Å². The van der Waals surface area contributed by atoms with Gasteiger partial charge in [0.05, 0.1) is 48.6 Å². The Labute approximate surface area is 194 Å². The summed E-state index contributed by atoms with van der Waals surface area (Å²) in [6.45, 7) is 4.85. The number of aromatic nitrogens is 2. The maximum Gasteiger partial charge on any atom is 0.330 e. The van der Waals surface area contributed by atoms with Gasteiger partial charge in [0.1, 0.15) is 18.1 Å². The van der Waals surface area contributed by atoms with Crippen LogP contribution in [-0.2, 0) is 16.1 Å². The van der Waals surface area contributed by atoms with Gasteiger partial charge < -0.3 is 24.4 Å². The van der Waals surface area contributed by atoms with E-state index >= 15 is 0 Å². The Balaban J connectivity index is 1.94. The molecule has 0 radical (unpaired) electrons. The number of rotatable bonds is 8. The summed E-state index contributed by atoms with van der Waals surface area (Å²) in [4.78, 5) is 38.1. The number of methoxy groups -OCH3 is 1. The summed E-state index contributed by atoms with van der Waals surface area (Å²) in [5.74, 6) is 0.417. The minimum atomic E-state index is -0.965. The van der Waals surface area contributed by atoms with E-state index in [9.17, 15) is 29.9 Å². The molecule has 1 aliphatic rings. The van der Waals surface area contributed by atoms with Crippen LogP contribution in [0.2, 0.25) is 0 Å². The number of benzene rings is 1. The summed E-state index contributed by atoms with van der Waals surface area (Å²) in [5.41, 5.74) is -1.79. The van der Waals surface area contributed by atoms with Crippen LogP contribution in [0.1, 0.15) is 50.7 Å². The third-order valence-electron chi connectivity index (χ3n) is 5.64. The van der Waals surface area contributed by atoms with Gasteiger partial charge >= 0.3 is 5.69 Å². The van der Waals surface area contributed by atoms with Crippen molar-refractivity contribution in [3.63, 3.8) is 0 Å². The van der Waals surface area contributed by atoms with Crippen molar-refractivity contribution >= 4 is 5.69 Å². The Morgan fingerprint density at radius 1 is 1.35 bits per heavy atom. The predicted octanol–water partition coefficient (Wildman–Crippen LogP) is 1.40. The van der Waals surface area contributed by atoms with Crippen molar-refractivity contribution < 1.29 is 29.3 Å². The first-order valence-electron chi connectivity index (χ1n) is 10.7. The molecule has 34 heavy (non-hydrogen) atoms. The van der Waals surface area contributed by atoms with E-state index in [0.717, 1.165) is 4.57 Å². The molecule has 186 valence electrons. The molecule has 3 N–H and O–H groups in total. The largest absolute Gasteiger partial charge is 0.497 e. The third-order valence-corrected chi connectivity index (χ3v) is 5.64. The number of hydrogen-bond donors (Lipinski definition) is 3. The molecule has 2 aromatic rings. The number of nitro groups is 1. The Morgan fingerprint density at radius 3 is 2.62 bits per heavy atom. The summed E-state index contributed by atoms with van der Waals surface area (Å²) < 4.78 is 17.9. The number of aliphatic hydroxyl groups excluding tert-OH is 2. The standard InChI is InChI=1S/C22H29N3O9/c1-22(2,3)19(14-7-13(32-4)5-6-15(14)25(30)31)33-11-12-9-24(21(29)23-20(12)28)18-8-16(27)17(10-26)34-18/h5-7,9,16-19,26-27H,8,10-11H2,1-4H3,(H,23,28,29)/t16-,17+,18+,19?/m0/s1. The van der Waals surface area contributed by atoms with Gasteiger partial charge in [0.15, 0.2) is 0 Å². The molecular weight excluding hydrogens is 450 g/mol. The quantitative estimate of drug-likeness (QED) is 0.374. The fourth-order valence-electron chi connectivity index (χ4n) is 3.91. The predicted molar refractivity (Wildman–Crippen MR) is 120 cm³/mol. The van der Waals surface area contributed by atoms with Crippen molar-refractivity contribution in [1.82, 2.24) is 9.55 Å². The number of nitro benzene ring substituents is 1. The molecular formula is C22H29N3O9. The molecule has 0 amide bonds. The van der Waals surface area contributed by atoms with E-state index in [1.807, 2.05) is 20.8 Å². The first-order chi connectivity index (χ1) is 16.0. The lowest BCUT2D eigenvalue weighted by Crippen LogP contribution is -2.35. The van der Waals surface area contributed by atoms with Crippen molar-refractivity contribution in [3.8, 4) is 5.75 Å². The first kappa shape index (κ1) is 25.6. The lowest BCUT2D eigenvalue weighted by molar-refractivity contribution is -0.386. The van der Waals surface area contributed by atoms with Crippen LogP contribution < -0.4 is 16.0 Å². The lowest BCUT2D eigenvalue weighted by Gasteiger charge is -2.31. The van der Waals surface area contributed by atoms with E-state index in [2.05, 4.69) is 4.98 Å². The number of aliphatic hydroxyl groups is 2. The monoisotopic (exact) mass is 479 g/mol. The normalized spacial score (nSPS) is 21.4. The van der Waals surface area contributed by atoms with Gasteiger partial charge in [0.2, 0.25) is 0 Å². The molecule has 1 unspecified atom stereocenters. The number of ether oxygens (including phenoxy) is 3. The molecule has 12 nitrogen and oxygen atoms in total. The highest BCUT2D eigenvalue weighted by atomic mass is 16.6. The number of H-pyrrole nitrogens is 1. The second-order valence-corrected chi connectivity index (χ2v) is 9.17. The molecule has 1 aromatic heterocycles. The average molecular weight is 479 g/mol. The number of hydrogen-bond acceptors (Lipinski definition) is 9. The van der Waals surface area contributed by atoms with Crippen LogP contribution in [0.5, 0.6) is 5.75 Å². The van der Waals surface area contributed by atoms with E-state index in [4.69, 9.17) is 14.2 Å². The minimum absolute atomic E-state index is 0.0537. The summed E-state index contributed by atoms with van der Waals surface area (Å²) in [6, 6.07) is 4.35. The van der Waals surface area contributed by atoms with Crippen LogP contribution in [0, 0.1) is 15.5 Å². The molecule has 0 bridgehead atoms. The maximum absolute atomic E-state index is 12.5. The Kier molecular flexibility index (Phi) is 7.56. The summed E-state index contributed by atoms with van der Waals surface area (Å²) in [7, 11) is 1.45. The molecule has 12 heteroatoms. The number of nitrogens with one attached hydrogen (secondary N) is 1. The van der Waals surface area contributed by atoms with Crippen LogP contribution in [0.4, 0.5) is 5.69 Å².